The molecule has 2 atom stereocenters. The van der Waals surface area contributed by atoms with Crippen molar-refractivity contribution in [3.05, 3.63) is 0 Å². The Balaban J connectivity index is 2.92. The van der Waals surface area contributed by atoms with Crippen LogP contribution in [-0.4, -0.2) is 30.9 Å². The van der Waals surface area contributed by atoms with Crippen LogP contribution in [0.5, 0.6) is 0 Å². The Hall–Kier alpha value is -1.39. The van der Waals surface area contributed by atoms with E-state index in [9.17, 15) is 14.4 Å². The molecule has 0 aromatic carbocycles. The van der Waals surface area contributed by atoms with Crippen LogP contribution in [0.15, 0.2) is 0 Å². The van der Waals surface area contributed by atoms with Crippen molar-refractivity contribution in [1.82, 2.24) is 0 Å². The van der Waals surface area contributed by atoms with Gasteiger partial charge in [-0.15, -0.1) is 0 Å². The average Bonchev–Trinajstić information content (AvgIpc) is 3.08. The molecule has 0 aromatic rings. The maximum atomic E-state index is 12.0. The maximum Gasteiger partial charge on any atom is 0.323 e. The summed E-state index contributed by atoms with van der Waals surface area (Å²) in [6, 6.07) is 0. The molecule has 0 bridgehead atoms. The third-order valence-electron chi connectivity index (χ3n) is 3.45. The fraction of sp³-hybridized carbons (Fsp3) is 0.769. The second-order valence-electron chi connectivity index (χ2n) is 4.70. The molecule has 18 heavy (non-hydrogen) atoms. The van der Waals surface area contributed by atoms with E-state index in [0.29, 0.717) is 6.42 Å². The molecule has 0 spiro atoms. The molecule has 1 fully saturated rings. The highest BCUT2D eigenvalue weighted by atomic mass is 16.6. The monoisotopic (exact) mass is 256 g/mol. The van der Waals surface area contributed by atoms with E-state index in [1.807, 2.05) is 0 Å². The molecular weight excluding hydrogens is 236 g/mol. The molecule has 0 N–H and O–H groups in total. The number of carbonyl (C=O) groups is 3. The lowest BCUT2D eigenvalue weighted by molar-refractivity contribution is -0.172. The van der Waals surface area contributed by atoms with Gasteiger partial charge in [0, 0.05) is 5.92 Å². The molecule has 5 nitrogen and oxygen atoms in total. The van der Waals surface area contributed by atoms with E-state index in [1.54, 1.807) is 13.8 Å². The first-order valence-corrected chi connectivity index (χ1v) is 6.24. The molecule has 0 radical (unpaired) electrons. The van der Waals surface area contributed by atoms with Crippen molar-refractivity contribution >= 4 is 17.7 Å². The van der Waals surface area contributed by atoms with Crippen molar-refractivity contribution in [3.8, 4) is 0 Å². The van der Waals surface area contributed by atoms with E-state index in [1.165, 1.54) is 13.8 Å². The molecule has 1 aliphatic rings. The summed E-state index contributed by atoms with van der Waals surface area (Å²) in [4.78, 5) is 35.3. The van der Waals surface area contributed by atoms with Crippen LogP contribution in [0.3, 0.4) is 0 Å². The second kappa shape index (κ2) is 5.50. The van der Waals surface area contributed by atoms with Gasteiger partial charge >= 0.3 is 11.9 Å². The summed E-state index contributed by atoms with van der Waals surface area (Å²) in [7, 11) is 0. The molecule has 0 aliphatic heterocycles. The van der Waals surface area contributed by atoms with Crippen molar-refractivity contribution < 1.29 is 23.9 Å². The van der Waals surface area contributed by atoms with Crippen LogP contribution in [0.4, 0.5) is 0 Å². The Morgan fingerprint density at radius 1 is 1.11 bits per heavy atom. The lowest BCUT2D eigenvalue weighted by Crippen LogP contribution is -2.42. The number of ketones is 1. The average molecular weight is 256 g/mol. The lowest BCUT2D eigenvalue weighted by Gasteiger charge is -2.25. The zero-order chi connectivity index (χ0) is 13.9. The third-order valence-corrected chi connectivity index (χ3v) is 3.45. The van der Waals surface area contributed by atoms with Crippen molar-refractivity contribution in [2.75, 3.05) is 13.2 Å². The third kappa shape index (κ3) is 2.54. The fourth-order valence-corrected chi connectivity index (χ4v) is 2.23. The largest absolute Gasteiger partial charge is 0.465 e. The molecule has 0 heterocycles. The molecule has 0 aromatic heterocycles. The number of carbonyl (C=O) groups excluding carboxylic acids is 3. The molecule has 0 amide bonds. The molecule has 1 rings (SSSR count). The number of ether oxygens (including phenoxy) is 2. The van der Waals surface area contributed by atoms with Gasteiger partial charge in [-0.2, -0.15) is 0 Å². The number of esters is 2. The van der Waals surface area contributed by atoms with Crippen molar-refractivity contribution in [2.45, 2.75) is 34.1 Å². The van der Waals surface area contributed by atoms with E-state index in [0.717, 1.165) is 0 Å². The highest BCUT2D eigenvalue weighted by Crippen LogP contribution is 2.52. The highest BCUT2D eigenvalue weighted by molar-refractivity contribution is 6.01. The zero-order valence-corrected chi connectivity index (χ0v) is 11.3. The van der Waals surface area contributed by atoms with Gasteiger partial charge in [-0.3, -0.25) is 14.4 Å². The lowest BCUT2D eigenvalue weighted by atomic mass is 9.83. The first-order valence-electron chi connectivity index (χ1n) is 6.24. The van der Waals surface area contributed by atoms with Gasteiger partial charge in [0.2, 0.25) is 0 Å². The van der Waals surface area contributed by atoms with Gasteiger partial charge in [0.15, 0.2) is 5.41 Å². The molecule has 0 saturated heterocycles. The predicted molar refractivity (Wildman–Crippen MR) is 63.7 cm³/mol. The Kier molecular flexibility index (Phi) is 4.48. The van der Waals surface area contributed by atoms with E-state index in [2.05, 4.69) is 0 Å². The normalized spacial score (nSPS) is 22.2. The second-order valence-corrected chi connectivity index (χ2v) is 4.70. The minimum atomic E-state index is -1.36. The smallest absolute Gasteiger partial charge is 0.323 e. The van der Waals surface area contributed by atoms with Crippen LogP contribution < -0.4 is 0 Å². The Bertz CT molecular complexity index is 342. The van der Waals surface area contributed by atoms with Gasteiger partial charge < -0.3 is 9.47 Å². The van der Waals surface area contributed by atoms with Crippen molar-refractivity contribution in [3.63, 3.8) is 0 Å². The van der Waals surface area contributed by atoms with Gasteiger partial charge in [-0.1, -0.05) is 0 Å². The van der Waals surface area contributed by atoms with E-state index in [-0.39, 0.29) is 30.8 Å². The molecule has 5 heteroatoms. The van der Waals surface area contributed by atoms with Crippen molar-refractivity contribution in [2.24, 2.45) is 17.3 Å². The standard InChI is InChI=1S/C13H20O5/c1-5-17-11(15)13(4,12(16)18-6-2)10-7-9(10)8(3)14/h9-10H,5-7H2,1-4H3. The zero-order valence-electron chi connectivity index (χ0n) is 11.3. The number of Topliss-reactive ketones (excluding diaryl/α,β-unsaturated/α-hetero) is 1. The molecule has 1 aliphatic carbocycles. The summed E-state index contributed by atoms with van der Waals surface area (Å²) in [6.07, 6.45) is 0.545. The van der Waals surface area contributed by atoms with Gasteiger partial charge in [0.1, 0.15) is 5.78 Å². The van der Waals surface area contributed by atoms with E-state index < -0.39 is 17.4 Å². The Labute approximate surface area is 107 Å². The van der Waals surface area contributed by atoms with Crippen LogP contribution in [0.2, 0.25) is 0 Å². The molecule has 102 valence electrons. The van der Waals surface area contributed by atoms with Crippen LogP contribution in [-0.2, 0) is 23.9 Å². The van der Waals surface area contributed by atoms with Crippen LogP contribution >= 0.6 is 0 Å². The number of hydrogen-bond acceptors (Lipinski definition) is 5. The Morgan fingerprint density at radius 3 is 1.83 bits per heavy atom. The summed E-state index contributed by atoms with van der Waals surface area (Å²) in [5.74, 6) is -1.73. The van der Waals surface area contributed by atoms with Gasteiger partial charge in [0.25, 0.3) is 0 Å². The number of rotatable bonds is 6. The summed E-state index contributed by atoms with van der Waals surface area (Å²) in [6.45, 7) is 6.74. The van der Waals surface area contributed by atoms with Crippen LogP contribution in [0.1, 0.15) is 34.1 Å². The minimum absolute atomic E-state index is 0.000165. The summed E-state index contributed by atoms with van der Waals surface area (Å²) < 4.78 is 9.91. The van der Waals surface area contributed by atoms with Gasteiger partial charge in [0.05, 0.1) is 13.2 Å². The molecule has 2 unspecified atom stereocenters. The highest BCUT2D eigenvalue weighted by Gasteiger charge is 2.61. The van der Waals surface area contributed by atoms with E-state index >= 15 is 0 Å². The van der Waals surface area contributed by atoms with Gasteiger partial charge in [-0.25, -0.2) is 0 Å². The minimum Gasteiger partial charge on any atom is -0.465 e. The van der Waals surface area contributed by atoms with Crippen molar-refractivity contribution in [1.29, 1.82) is 0 Å². The number of hydrogen-bond donors (Lipinski definition) is 0. The summed E-state index contributed by atoms with van der Waals surface area (Å²) in [5.41, 5.74) is -1.36. The first-order chi connectivity index (χ1) is 8.39. The molecule has 1 saturated carbocycles. The summed E-state index contributed by atoms with van der Waals surface area (Å²) in [5, 5.41) is 0. The molecular formula is C13H20O5. The fourth-order valence-electron chi connectivity index (χ4n) is 2.23. The summed E-state index contributed by atoms with van der Waals surface area (Å²) >= 11 is 0. The topological polar surface area (TPSA) is 69.7 Å². The SMILES string of the molecule is CCOC(=O)C(C)(C(=O)OCC)C1CC1C(C)=O. The quantitative estimate of drug-likeness (QED) is 0.530. The van der Waals surface area contributed by atoms with Gasteiger partial charge in [-0.05, 0) is 40.0 Å². The predicted octanol–water partition coefficient (Wildman–Crippen LogP) is 1.34. The van der Waals surface area contributed by atoms with E-state index in [4.69, 9.17) is 9.47 Å². The van der Waals surface area contributed by atoms with Crippen LogP contribution in [0.25, 0.3) is 0 Å². The first kappa shape index (κ1) is 14.7. The van der Waals surface area contributed by atoms with Crippen LogP contribution in [0, 0.1) is 17.3 Å². The Morgan fingerprint density at radius 2 is 1.56 bits per heavy atom. The maximum absolute atomic E-state index is 12.0.